The van der Waals surface area contributed by atoms with E-state index in [1.165, 1.54) is 0 Å². The van der Waals surface area contributed by atoms with Crippen LogP contribution in [0, 0.1) is 17.8 Å². The van der Waals surface area contributed by atoms with Crippen LogP contribution in [0.1, 0.15) is 47.8 Å². The highest BCUT2D eigenvalue weighted by Gasteiger charge is 2.52. The maximum Gasteiger partial charge on any atom is 0.311 e. The van der Waals surface area contributed by atoms with E-state index in [0.29, 0.717) is 24.0 Å². The van der Waals surface area contributed by atoms with Crippen molar-refractivity contribution in [3.05, 3.63) is 29.1 Å². The summed E-state index contributed by atoms with van der Waals surface area (Å²) in [6.07, 6.45) is 9.51. The fourth-order valence-electron chi connectivity index (χ4n) is 4.78. The van der Waals surface area contributed by atoms with Gasteiger partial charge in [0.25, 0.3) is 5.91 Å². The Labute approximate surface area is 146 Å². The number of fused-ring (bicyclic) bond motifs is 3. The lowest BCUT2D eigenvalue weighted by molar-refractivity contribution is -0.150. The van der Waals surface area contributed by atoms with Crippen LogP contribution in [0.25, 0.3) is 6.08 Å². The number of amides is 1. The topological polar surface area (TPSA) is 94.3 Å². The minimum atomic E-state index is -0.506. The van der Waals surface area contributed by atoms with Gasteiger partial charge in [0.2, 0.25) is 0 Å². The summed E-state index contributed by atoms with van der Waals surface area (Å²) in [6, 6.07) is -0.0172. The molecule has 2 fully saturated rings. The Kier molecular flexibility index (Phi) is 3.98. The van der Waals surface area contributed by atoms with Crippen LogP contribution in [0.5, 0.6) is 0 Å². The Balaban J connectivity index is 1.69. The molecule has 0 spiro atoms. The Morgan fingerprint density at radius 1 is 1.36 bits per heavy atom. The molecule has 0 aromatic carbocycles. The zero-order chi connectivity index (χ0) is 17.6. The minimum absolute atomic E-state index is 0.0172. The Bertz CT molecular complexity index is 759. The molecule has 6 heteroatoms. The van der Waals surface area contributed by atoms with Gasteiger partial charge in [0.05, 0.1) is 29.5 Å². The van der Waals surface area contributed by atoms with Gasteiger partial charge < -0.3 is 15.8 Å². The Morgan fingerprint density at radius 3 is 2.92 bits per heavy atom. The molecule has 0 unspecified atom stereocenters. The van der Waals surface area contributed by atoms with Gasteiger partial charge in [-0.2, -0.15) is 0 Å². The van der Waals surface area contributed by atoms with Crippen molar-refractivity contribution in [1.29, 1.82) is 0 Å². The number of pyridine rings is 1. The number of nitrogens with zero attached hydrogens (tertiary/aromatic N) is 1. The van der Waals surface area contributed by atoms with E-state index in [4.69, 9.17) is 10.5 Å². The number of carbonyl (C=O) groups is 2. The molecular formula is C19H23N3O3. The number of esters is 1. The molecule has 6 nitrogen and oxygen atoms in total. The Morgan fingerprint density at radius 2 is 2.16 bits per heavy atom. The van der Waals surface area contributed by atoms with E-state index in [0.717, 1.165) is 42.6 Å². The molecule has 4 atom stereocenters. The number of nitrogens with one attached hydrogen (secondary N) is 1. The smallest absolute Gasteiger partial charge is 0.311 e. The monoisotopic (exact) mass is 341 g/mol. The molecule has 25 heavy (non-hydrogen) atoms. The van der Waals surface area contributed by atoms with Gasteiger partial charge in [-0.3, -0.25) is 14.6 Å². The summed E-state index contributed by atoms with van der Waals surface area (Å²) in [5.74, 6) is -0.00466. The minimum Gasteiger partial charge on any atom is -0.466 e. The maximum atomic E-state index is 12.5. The molecular weight excluding hydrogens is 318 g/mol. The van der Waals surface area contributed by atoms with Gasteiger partial charge in [-0.05, 0) is 38.0 Å². The summed E-state index contributed by atoms with van der Waals surface area (Å²) in [5.41, 5.74) is 8.52. The van der Waals surface area contributed by atoms with Gasteiger partial charge in [-0.25, -0.2) is 0 Å². The molecule has 2 saturated carbocycles. The van der Waals surface area contributed by atoms with E-state index >= 15 is 0 Å². The molecule has 3 aliphatic carbocycles. The third kappa shape index (κ3) is 2.60. The van der Waals surface area contributed by atoms with Gasteiger partial charge in [0, 0.05) is 24.2 Å². The highest BCUT2D eigenvalue weighted by Crippen LogP contribution is 2.50. The molecule has 0 aliphatic heterocycles. The quantitative estimate of drug-likeness (QED) is 0.800. The first-order chi connectivity index (χ1) is 12.1. The molecule has 2 bridgehead atoms. The summed E-state index contributed by atoms with van der Waals surface area (Å²) in [7, 11) is 0. The fraction of sp³-hybridized carbons (Fsp3) is 0.526. The summed E-state index contributed by atoms with van der Waals surface area (Å²) < 4.78 is 5.32. The van der Waals surface area contributed by atoms with Crippen LogP contribution < -0.4 is 11.1 Å². The average Bonchev–Trinajstić information content (AvgIpc) is 3.30. The molecule has 3 aliphatic rings. The average molecular weight is 341 g/mol. The van der Waals surface area contributed by atoms with Crippen LogP contribution in [0.3, 0.4) is 0 Å². The summed E-state index contributed by atoms with van der Waals surface area (Å²) in [4.78, 5) is 28.8. The van der Waals surface area contributed by atoms with E-state index < -0.39 is 5.91 Å². The lowest BCUT2D eigenvalue weighted by Crippen LogP contribution is -2.41. The van der Waals surface area contributed by atoms with Crippen molar-refractivity contribution < 1.29 is 14.3 Å². The van der Waals surface area contributed by atoms with E-state index in [2.05, 4.69) is 10.3 Å². The van der Waals surface area contributed by atoms with Gasteiger partial charge in [0.15, 0.2) is 0 Å². The summed E-state index contributed by atoms with van der Waals surface area (Å²) in [6.45, 7) is 2.22. The molecule has 0 saturated heterocycles. The normalized spacial score (nSPS) is 28.8. The van der Waals surface area contributed by atoms with Crippen LogP contribution in [0.4, 0.5) is 5.69 Å². The number of anilines is 1. The van der Waals surface area contributed by atoms with Crippen LogP contribution in [-0.2, 0) is 16.0 Å². The lowest BCUT2D eigenvalue weighted by Gasteiger charge is -2.32. The molecule has 1 aromatic rings. The molecule has 4 rings (SSSR count). The van der Waals surface area contributed by atoms with Crippen molar-refractivity contribution in [3.8, 4) is 0 Å². The molecule has 1 aromatic heterocycles. The molecule has 1 amide bonds. The zero-order valence-electron chi connectivity index (χ0n) is 14.3. The van der Waals surface area contributed by atoms with E-state index in [1.54, 1.807) is 6.20 Å². The predicted octanol–water partition coefficient (Wildman–Crippen LogP) is 2.14. The first-order valence-corrected chi connectivity index (χ1v) is 9.01. The maximum absolute atomic E-state index is 12.5. The third-order valence-electron chi connectivity index (χ3n) is 5.85. The number of carbonyl (C=O) groups excluding carboxylic acids is 2. The van der Waals surface area contributed by atoms with Crippen molar-refractivity contribution in [2.24, 2.45) is 23.5 Å². The second-order valence-electron chi connectivity index (χ2n) is 7.16. The van der Waals surface area contributed by atoms with Gasteiger partial charge >= 0.3 is 5.97 Å². The summed E-state index contributed by atoms with van der Waals surface area (Å²) >= 11 is 0. The molecule has 0 radical (unpaired) electrons. The number of hydrogen-bond donors (Lipinski definition) is 2. The number of nitrogens with two attached hydrogens (primary N) is 1. The second-order valence-corrected chi connectivity index (χ2v) is 7.16. The first kappa shape index (κ1) is 16.1. The largest absolute Gasteiger partial charge is 0.466 e. The van der Waals surface area contributed by atoms with Crippen LogP contribution >= 0.6 is 0 Å². The highest BCUT2D eigenvalue weighted by molar-refractivity contribution is 6.00. The SMILES string of the molecule is CCOC(=O)[C@H]1[C@@H]2CC[C@@H](C2)[C@H]1Nc1c(C(N)=O)cnc2c1C=CC2. The molecule has 1 heterocycles. The van der Waals surface area contributed by atoms with Crippen LogP contribution in [-0.4, -0.2) is 29.5 Å². The van der Waals surface area contributed by atoms with E-state index in [9.17, 15) is 9.59 Å². The number of rotatable bonds is 5. The van der Waals surface area contributed by atoms with E-state index in [1.807, 2.05) is 19.1 Å². The number of aromatic nitrogens is 1. The van der Waals surface area contributed by atoms with Crippen molar-refractivity contribution in [2.75, 3.05) is 11.9 Å². The highest BCUT2D eigenvalue weighted by atomic mass is 16.5. The van der Waals surface area contributed by atoms with Crippen molar-refractivity contribution in [3.63, 3.8) is 0 Å². The van der Waals surface area contributed by atoms with Crippen LogP contribution in [0.15, 0.2) is 12.3 Å². The van der Waals surface area contributed by atoms with Crippen molar-refractivity contribution >= 4 is 23.6 Å². The van der Waals surface area contributed by atoms with Gasteiger partial charge in [0.1, 0.15) is 0 Å². The number of primary amides is 1. The lowest BCUT2D eigenvalue weighted by atomic mass is 9.84. The standard InChI is InChI=1S/C19H23N3O3/c1-2-25-19(24)15-10-6-7-11(8-10)16(15)22-17-12-4-3-5-14(12)21-9-13(17)18(20)23/h3-4,9-11,15-16H,2,5-8H2,1H3,(H2,20,23)(H,21,22)/t10-,11+,15+,16-/m1/s1. The fourth-order valence-corrected chi connectivity index (χ4v) is 4.78. The van der Waals surface area contributed by atoms with E-state index in [-0.39, 0.29) is 17.9 Å². The predicted molar refractivity (Wildman–Crippen MR) is 93.9 cm³/mol. The first-order valence-electron chi connectivity index (χ1n) is 9.01. The zero-order valence-corrected chi connectivity index (χ0v) is 14.3. The summed E-state index contributed by atoms with van der Waals surface area (Å²) in [5, 5.41) is 3.52. The number of allylic oxidation sites excluding steroid dienone is 1. The number of hydrogen-bond acceptors (Lipinski definition) is 5. The van der Waals surface area contributed by atoms with Crippen molar-refractivity contribution in [2.45, 2.75) is 38.6 Å². The van der Waals surface area contributed by atoms with Crippen LogP contribution in [0.2, 0.25) is 0 Å². The number of ether oxygens (including phenoxy) is 1. The van der Waals surface area contributed by atoms with Gasteiger partial charge in [-0.15, -0.1) is 0 Å². The molecule has 132 valence electrons. The second kappa shape index (κ2) is 6.17. The van der Waals surface area contributed by atoms with Crippen molar-refractivity contribution in [1.82, 2.24) is 4.98 Å². The Hall–Kier alpha value is -2.37. The third-order valence-corrected chi connectivity index (χ3v) is 5.85. The molecule has 3 N–H and O–H groups in total. The van der Waals surface area contributed by atoms with Gasteiger partial charge in [-0.1, -0.05) is 12.2 Å².